The quantitative estimate of drug-likeness (QED) is 0.495. The molecule has 4 nitrogen and oxygen atoms in total. The Morgan fingerprint density at radius 2 is 2.38 bits per heavy atom. The summed E-state index contributed by atoms with van der Waals surface area (Å²) in [4.78, 5) is 4.11. The second-order valence-electron chi connectivity index (χ2n) is 3.10. The number of halogens is 1. The standard InChI is InChI=1S/C10H16BrN3OS/c1-12-10(13-3-4-15-2)14-6-8-5-9(11)16-7-8/h5,7H,3-4,6H2,1-2H3,(H2,12,13,14). The highest BCUT2D eigenvalue weighted by Gasteiger charge is 1.99. The summed E-state index contributed by atoms with van der Waals surface area (Å²) in [5.74, 6) is 0.791. The Morgan fingerprint density at radius 3 is 2.94 bits per heavy atom. The molecule has 0 aliphatic carbocycles. The van der Waals surface area contributed by atoms with Gasteiger partial charge < -0.3 is 15.4 Å². The van der Waals surface area contributed by atoms with Crippen LogP contribution in [0.2, 0.25) is 0 Å². The summed E-state index contributed by atoms with van der Waals surface area (Å²) in [6, 6.07) is 2.10. The maximum atomic E-state index is 4.95. The average molecular weight is 306 g/mol. The predicted molar refractivity (Wildman–Crippen MR) is 72.1 cm³/mol. The zero-order chi connectivity index (χ0) is 11.8. The van der Waals surface area contributed by atoms with Crippen molar-refractivity contribution in [2.24, 2.45) is 4.99 Å². The van der Waals surface area contributed by atoms with E-state index in [1.165, 1.54) is 5.56 Å². The summed E-state index contributed by atoms with van der Waals surface area (Å²) < 4.78 is 6.10. The minimum atomic E-state index is 0.671. The molecule has 0 aromatic carbocycles. The van der Waals surface area contributed by atoms with E-state index in [0.29, 0.717) is 6.61 Å². The van der Waals surface area contributed by atoms with Gasteiger partial charge in [-0.15, -0.1) is 11.3 Å². The van der Waals surface area contributed by atoms with E-state index in [9.17, 15) is 0 Å². The third-order valence-electron chi connectivity index (χ3n) is 1.90. The molecule has 0 spiro atoms. The minimum absolute atomic E-state index is 0.671. The van der Waals surface area contributed by atoms with Crippen molar-refractivity contribution in [3.8, 4) is 0 Å². The van der Waals surface area contributed by atoms with Crippen LogP contribution in [0.1, 0.15) is 5.56 Å². The molecular formula is C10H16BrN3OS. The number of ether oxygens (including phenoxy) is 1. The molecule has 0 saturated carbocycles. The third kappa shape index (κ3) is 4.96. The number of nitrogens with zero attached hydrogens (tertiary/aromatic N) is 1. The van der Waals surface area contributed by atoms with Crippen LogP contribution in [0, 0.1) is 0 Å². The van der Waals surface area contributed by atoms with Crippen LogP contribution < -0.4 is 10.6 Å². The molecule has 1 heterocycles. The van der Waals surface area contributed by atoms with E-state index in [4.69, 9.17) is 4.74 Å². The van der Waals surface area contributed by atoms with Crippen LogP contribution in [0.15, 0.2) is 20.2 Å². The van der Waals surface area contributed by atoms with Crippen LogP contribution in [0.4, 0.5) is 0 Å². The molecule has 0 aliphatic rings. The molecule has 2 N–H and O–H groups in total. The number of hydrogen-bond donors (Lipinski definition) is 2. The molecule has 0 unspecified atom stereocenters. The van der Waals surface area contributed by atoms with Gasteiger partial charge in [0.25, 0.3) is 0 Å². The molecule has 0 fully saturated rings. The van der Waals surface area contributed by atoms with Crippen molar-refractivity contribution in [2.75, 3.05) is 27.3 Å². The van der Waals surface area contributed by atoms with Gasteiger partial charge in [-0.1, -0.05) is 0 Å². The van der Waals surface area contributed by atoms with Crippen LogP contribution in [0.5, 0.6) is 0 Å². The van der Waals surface area contributed by atoms with E-state index < -0.39 is 0 Å². The lowest BCUT2D eigenvalue weighted by atomic mass is 10.3. The third-order valence-corrected chi connectivity index (χ3v) is 3.46. The summed E-state index contributed by atoms with van der Waals surface area (Å²) in [5.41, 5.74) is 1.24. The molecule has 0 saturated heterocycles. The highest BCUT2D eigenvalue weighted by molar-refractivity contribution is 9.11. The van der Waals surface area contributed by atoms with Crippen molar-refractivity contribution >= 4 is 33.2 Å². The van der Waals surface area contributed by atoms with Gasteiger partial charge in [0, 0.05) is 27.2 Å². The minimum Gasteiger partial charge on any atom is -0.383 e. The monoisotopic (exact) mass is 305 g/mol. The van der Waals surface area contributed by atoms with Gasteiger partial charge in [0.15, 0.2) is 5.96 Å². The Balaban J connectivity index is 2.29. The zero-order valence-electron chi connectivity index (χ0n) is 9.42. The SMILES string of the molecule is CN=C(NCCOC)NCc1csc(Br)c1. The van der Waals surface area contributed by atoms with Crippen LogP contribution >= 0.6 is 27.3 Å². The topological polar surface area (TPSA) is 45.7 Å². The van der Waals surface area contributed by atoms with Gasteiger partial charge in [-0.05, 0) is 32.9 Å². The van der Waals surface area contributed by atoms with Crippen molar-refractivity contribution in [3.63, 3.8) is 0 Å². The molecular weight excluding hydrogens is 290 g/mol. The lowest BCUT2D eigenvalue weighted by molar-refractivity contribution is 0.203. The number of guanidine groups is 1. The average Bonchev–Trinajstić information content (AvgIpc) is 2.69. The Hall–Kier alpha value is -0.590. The second kappa shape index (κ2) is 7.65. The van der Waals surface area contributed by atoms with E-state index in [1.807, 2.05) is 0 Å². The summed E-state index contributed by atoms with van der Waals surface area (Å²) in [5, 5.41) is 8.49. The number of aliphatic imine (C=N–C) groups is 1. The van der Waals surface area contributed by atoms with E-state index >= 15 is 0 Å². The Kier molecular flexibility index (Phi) is 6.44. The molecule has 0 atom stereocenters. The lowest BCUT2D eigenvalue weighted by Gasteiger charge is -2.10. The number of nitrogens with one attached hydrogen (secondary N) is 2. The lowest BCUT2D eigenvalue weighted by Crippen LogP contribution is -2.38. The molecule has 0 radical (unpaired) electrons. The molecule has 0 bridgehead atoms. The van der Waals surface area contributed by atoms with Gasteiger partial charge in [-0.25, -0.2) is 0 Å². The summed E-state index contributed by atoms with van der Waals surface area (Å²) in [6.45, 7) is 2.20. The van der Waals surface area contributed by atoms with Crippen LogP contribution in [-0.2, 0) is 11.3 Å². The van der Waals surface area contributed by atoms with Crippen molar-refractivity contribution in [2.45, 2.75) is 6.54 Å². The Labute approximate surface area is 108 Å². The predicted octanol–water partition coefficient (Wildman–Crippen LogP) is 1.82. The molecule has 1 aromatic rings. The summed E-state index contributed by atoms with van der Waals surface area (Å²) in [7, 11) is 3.44. The maximum Gasteiger partial charge on any atom is 0.191 e. The number of hydrogen-bond acceptors (Lipinski definition) is 3. The summed E-state index contributed by atoms with van der Waals surface area (Å²) in [6.07, 6.45) is 0. The first-order valence-electron chi connectivity index (χ1n) is 4.92. The normalized spacial score (nSPS) is 11.6. The number of thiophene rings is 1. The number of rotatable bonds is 5. The molecule has 90 valence electrons. The molecule has 0 amide bonds. The Morgan fingerprint density at radius 1 is 1.56 bits per heavy atom. The molecule has 6 heteroatoms. The molecule has 1 aromatic heterocycles. The van der Waals surface area contributed by atoms with E-state index in [2.05, 4.69) is 43.0 Å². The van der Waals surface area contributed by atoms with E-state index in [0.717, 1.165) is 22.8 Å². The zero-order valence-corrected chi connectivity index (χ0v) is 11.8. The fourth-order valence-corrected chi connectivity index (χ4v) is 2.33. The van der Waals surface area contributed by atoms with Crippen molar-refractivity contribution in [1.29, 1.82) is 0 Å². The van der Waals surface area contributed by atoms with Crippen LogP contribution in [-0.4, -0.2) is 33.3 Å². The highest BCUT2D eigenvalue weighted by Crippen LogP contribution is 2.20. The highest BCUT2D eigenvalue weighted by atomic mass is 79.9. The van der Waals surface area contributed by atoms with Crippen LogP contribution in [0.3, 0.4) is 0 Å². The summed E-state index contributed by atoms with van der Waals surface area (Å²) >= 11 is 5.12. The first-order chi connectivity index (χ1) is 7.76. The first kappa shape index (κ1) is 13.5. The molecule has 0 aliphatic heterocycles. The van der Waals surface area contributed by atoms with Crippen LogP contribution in [0.25, 0.3) is 0 Å². The van der Waals surface area contributed by atoms with Gasteiger partial charge in [-0.2, -0.15) is 0 Å². The van der Waals surface area contributed by atoms with Crippen molar-refractivity contribution in [3.05, 3.63) is 20.8 Å². The first-order valence-corrected chi connectivity index (χ1v) is 6.60. The van der Waals surface area contributed by atoms with E-state index in [1.54, 1.807) is 25.5 Å². The van der Waals surface area contributed by atoms with Gasteiger partial charge in [0.1, 0.15) is 0 Å². The Bertz CT molecular complexity index is 341. The fraction of sp³-hybridized carbons (Fsp3) is 0.500. The molecule has 1 rings (SSSR count). The van der Waals surface area contributed by atoms with Gasteiger partial charge in [-0.3, -0.25) is 4.99 Å². The maximum absolute atomic E-state index is 4.95. The molecule has 16 heavy (non-hydrogen) atoms. The fourth-order valence-electron chi connectivity index (χ4n) is 1.12. The van der Waals surface area contributed by atoms with Gasteiger partial charge in [0.05, 0.1) is 10.4 Å². The van der Waals surface area contributed by atoms with Gasteiger partial charge in [0.2, 0.25) is 0 Å². The van der Waals surface area contributed by atoms with Crippen molar-refractivity contribution in [1.82, 2.24) is 10.6 Å². The number of methoxy groups -OCH3 is 1. The second-order valence-corrected chi connectivity index (χ2v) is 5.39. The van der Waals surface area contributed by atoms with Crippen molar-refractivity contribution < 1.29 is 4.74 Å². The van der Waals surface area contributed by atoms with Gasteiger partial charge >= 0.3 is 0 Å². The largest absolute Gasteiger partial charge is 0.383 e. The van der Waals surface area contributed by atoms with E-state index in [-0.39, 0.29) is 0 Å². The smallest absolute Gasteiger partial charge is 0.191 e.